The SMILES string of the molecule is CCNc1cccc(C(=O)NCCC2CCCC(C)C2)n1. The summed E-state index contributed by atoms with van der Waals surface area (Å²) < 4.78 is 0. The topological polar surface area (TPSA) is 54.0 Å². The van der Waals surface area contributed by atoms with Crippen LogP contribution in [0.3, 0.4) is 0 Å². The third-order valence-electron chi connectivity index (χ3n) is 4.22. The number of carbonyl (C=O) groups is 1. The third-order valence-corrected chi connectivity index (χ3v) is 4.22. The van der Waals surface area contributed by atoms with Crippen molar-refractivity contribution in [3.8, 4) is 0 Å². The van der Waals surface area contributed by atoms with Crippen molar-refractivity contribution in [2.24, 2.45) is 11.8 Å². The van der Waals surface area contributed by atoms with E-state index in [1.54, 1.807) is 6.07 Å². The van der Waals surface area contributed by atoms with Gasteiger partial charge in [-0.2, -0.15) is 0 Å². The summed E-state index contributed by atoms with van der Waals surface area (Å²) in [5, 5.41) is 6.13. The molecule has 0 saturated heterocycles. The molecule has 0 spiro atoms. The zero-order valence-electron chi connectivity index (χ0n) is 13.2. The van der Waals surface area contributed by atoms with E-state index in [1.807, 2.05) is 19.1 Å². The fraction of sp³-hybridized carbons (Fsp3) is 0.647. The van der Waals surface area contributed by atoms with Gasteiger partial charge in [-0.25, -0.2) is 4.98 Å². The van der Waals surface area contributed by atoms with Crippen LogP contribution < -0.4 is 10.6 Å². The van der Waals surface area contributed by atoms with Gasteiger partial charge in [0.15, 0.2) is 0 Å². The minimum absolute atomic E-state index is 0.0707. The van der Waals surface area contributed by atoms with E-state index in [0.29, 0.717) is 5.69 Å². The molecule has 0 bridgehead atoms. The van der Waals surface area contributed by atoms with Crippen LogP contribution in [-0.2, 0) is 0 Å². The molecule has 1 aromatic rings. The summed E-state index contributed by atoms with van der Waals surface area (Å²) in [6.45, 7) is 5.90. The summed E-state index contributed by atoms with van der Waals surface area (Å²) in [7, 11) is 0. The number of amides is 1. The normalized spacial score (nSPS) is 21.8. The quantitative estimate of drug-likeness (QED) is 0.843. The fourth-order valence-electron chi connectivity index (χ4n) is 3.14. The molecule has 2 N–H and O–H groups in total. The van der Waals surface area contributed by atoms with Crippen molar-refractivity contribution in [3.63, 3.8) is 0 Å². The van der Waals surface area contributed by atoms with Gasteiger partial charge in [-0.15, -0.1) is 0 Å². The Labute approximate surface area is 127 Å². The first kappa shape index (κ1) is 15.8. The van der Waals surface area contributed by atoms with Crippen molar-refractivity contribution in [2.75, 3.05) is 18.4 Å². The summed E-state index contributed by atoms with van der Waals surface area (Å²) in [6.07, 6.45) is 6.41. The van der Waals surface area contributed by atoms with Gasteiger partial charge < -0.3 is 10.6 Å². The highest BCUT2D eigenvalue weighted by molar-refractivity contribution is 5.92. The van der Waals surface area contributed by atoms with Crippen LogP contribution in [0.1, 0.15) is 56.4 Å². The Kier molecular flexibility index (Phi) is 6.03. The Bertz CT molecular complexity index is 461. The molecule has 1 saturated carbocycles. The number of nitrogens with one attached hydrogen (secondary N) is 2. The van der Waals surface area contributed by atoms with Crippen LogP contribution in [0.15, 0.2) is 18.2 Å². The van der Waals surface area contributed by atoms with E-state index in [1.165, 1.54) is 25.7 Å². The summed E-state index contributed by atoms with van der Waals surface area (Å²) in [5.41, 5.74) is 0.491. The molecular formula is C17H27N3O. The molecule has 1 aromatic heterocycles. The van der Waals surface area contributed by atoms with Crippen LogP contribution in [0.4, 0.5) is 5.82 Å². The first-order valence-corrected chi connectivity index (χ1v) is 8.18. The van der Waals surface area contributed by atoms with Crippen LogP contribution >= 0.6 is 0 Å². The smallest absolute Gasteiger partial charge is 0.269 e. The van der Waals surface area contributed by atoms with E-state index < -0.39 is 0 Å². The molecule has 1 amide bonds. The Morgan fingerprint density at radius 2 is 2.24 bits per heavy atom. The van der Waals surface area contributed by atoms with Gasteiger partial charge in [0.1, 0.15) is 11.5 Å². The average Bonchev–Trinajstić information content (AvgIpc) is 2.48. The molecule has 1 aliphatic rings. The van der Waals surface area contributed by atoms with Crippen molar-refractivity contribution in [2.45, 2.75) is 46.0 Å². The Balaban J connectivity index is 1.77. The van der Waals surface area contributed by atoms with Crippen molar-refractivity contribution in [1.29, 1.82) is 0 Å². The number of anilines is 1. The number of hydrogen-bond acceptors (Lipinski definition) is 3. The van der Waals surface area contributed by atoms with Crippen LogP contribution in [0.25, 0.3) is 0 Å². The van der Waals surface area contributed by atoms with Crippen molar-refractivity contribution >= 4 is 11.7 Å². The molecule has 0 aromatic carbocycles. The Morgan fingerprint density at radius 1 is 1.38 bits per heavy atom. The predicted molar refractivity (Wildman–Crippen MR) is 86.5 cm³/mol. The van der Waals surface area contributed by atoms with Crippen LogP contribution in [-0.4, -0.2) is 24.0 Å². The largest absolute Gasteiger partial charge is 0.370 e. The van der Waals surface area contributed by atoms with E-state index in [4.69, 9.17) is 0 Å². The van der Waals surface area contributed by atoms with Gasteiger partial charge in [0.25, 0.3) is 5.91 Å². The number of nitrogens with zero attached hydrogens (tertiary/aromatic N) is 1. The maximum Gasteiger partial charge on any atom is 0.269 e. The van der Waals surface area contributed by atoms with Crippen molar-refractivity contribution < 1.29 is 4.79 Å². The molecular weight excluding hydrogens is 262 g/mol. The van der Waals surface area contributed by atoms with Crippen molar-refractivity contribution in [1.82, 2.24) is 10.3 Å². The molecule has 2 atom stereocenters. The van der Waals surface area contributed by atoms with Gasteiger partial charge in [0.2, 0.25) is 0 Å². The maximum absolute atomic E-state index is 12.1. The standard InChI is InChI=1S/C17H27N3O/c1-3-18-16-9-5-8-15(20-16)17(21)19-11-10-14-7-4-6-13(2)12-14/h5,8-9,13-14H,3-4,6-7,10-12H2,1-2H3,(H,18,20)(H,19,21). The molecule has 4 heteroatoms. The lowest BCUT2D eigenvalue weighted by atomic mass is 9.81. The molecule has 0 radical (unpaired) electrons. The maximum atomic E-state index is 12.1. The van der Waals surface area contributed by atoms with E-state index in [-0.39, 0.29) is 5.91 Å². The Hall–Kier alpha value is -1.58. The number of carbonyl (C=O) groups excluding carboxylic acids is 1. The molecule has 21 heavy (non-hydrogen) atoms. The Morgan fingerprint density at radius 3 is 3.00 bits per heavy atom. The molecule has 2 unspecified atom stereocenters. The van der Waals surface area contributed by atoms with Gasteiger partial charge in [0.05, 0.1) is 0 Å². The van der Waals surface area contributed by atoms with Gasteiger partial charge >= 0.3 is 0 Å². The van der Waals surface area contributed by atoms with Gasteiger partial charge in [-0.1, -0.05) is 32.3 Å². The number of rotatable bonds is 6. The molecule has 1 heterocycles. The highest BCUT2D eigenvalue weighted by Crippen LogP contribution is 2.30. The van der Waals surface area contributed by atoms with E-state index in [0.717, 1.165) is 37.2 Å². The fourth-order valence-corrected chi connectivity index (χ4v) is 3.14. The van der Waals surface area contributed by atoms with E-state index in [2.05, 4.69) is 22.5 Å². The summed E-state index contributed by atoms with van der Waals surface area (Å²) in [5.74, 6) is 2.30. The number of pyridine rings is 1. The van der Waals surface area contributed by atoms with Crippen molar-refractivity contribution in [3.05, 3.63) is 23.9 Å². The summed E-state index contributed by atoms with van der Waals surface area (Å²) in [4.78, 5) is 16.4. The number of hydrogen-bond donors (Lipinski definition) is 2. The van der Waals surface area contributed by atoms with Crippen LogP contribution in [0.2, 0.25) is 0 Å². The van der Waals surface area contributed by atoms with Gasteiger partial charge in [-0.05, 0) is 43.7 Å². The van der Waals surface area contributed by atoms with Gasteiger partial charge in [0, 0.05) is 13.1 Å². The van der Waals surface area contributed by atoms with E-state index >= 15 is 0 Å². The third kappa shape index (κ3) is 5.03. The molecule has 0 aliphatic heterocycles. The highest BCUT2D eigenvalue weighted by atomic mass is 16.1. The summed E-state index contributed by atoms with van der Waals surface area (Å²) in [6, 6.07) is 5.51. The minimum atomic E-state index is -0.0707. The average molecular weight is 289 g/mol. The lowest BCUT2D eigenvalue weighted by Gasteiger charge is -2.26. The van der Waals surface area contributed by atoms with E-state index in [9.17, 15) is 4.79 Å². The molecule has 1 aliphatic carbocycles. The second-order valence-corrected chi connectivity index (χ2v) is 6.12. The zero-order valence-corrected chi connectivity index (χ0v) is 13.2. The lowest BCUT2D eigenvalue weighted by Crippen LogP contribution is -2.28. The molecule has 1 fully saturated rings. The monoisotopic (exact) mass is 289 g/mol. The first-order chi connectivity index (χ1) is 10.2. The minimum Gasteiger partial charge on any atom is -0.370 e. The molecule has 116 valence electrons. The first-order valence-electron chi connectivity index (χ1n) is 8.18. The highest BCUT2D eigenvalue weighted by Gasteiger charge is 2.18. The van der Waals surface area contributed by atoms with Crippen LogP contribution in [0.5, 0.6) is 0 Å². The van der Waals surface area contributed by atoms with Crippen LogP contribution in [0, 0.1) is 11.8 Å². The number of aromatic nitrogens is 1. The predicted octanol–water partition coefficient (Wildman–Crippen LogP) is 3.46. The summed E-state index contributed by atoms with van der Waals surface area (Å²) >= 11 is 0. The van der Waals surface area contributed by atoms with Gasteiger partial charge in [-0.3, -0.25) is 4.79 Å². The zero-order chi connectivity index (χ0) is 15.1. The lowest BCUT2D eigenvalue weighted by molar-refractivity contribution is 0.0945. The molecule has 4 nitrogen and oxygen atoms in total. The molecule has 2 rings (SSSR count). The second kappa shape index (κ2) is 8.01. The second-order valence-electron chi connectivity index (χ2n) is 6.12.